The van der Waals surface area contributed by atoms with Gasteiger partial charge in [-0.3, -0.25) is 9.78 Å². The normalized spacial score (nSPS) is 12.2. The Morgan fingerprint density at radius 1 is 1.45 bits per heavy atom. The minimum Gasteiger partial charge on any atom is -0.349 e. The van der Waals surface area contributed by atoms with Crippen LogP contribution in [0, 0.1) is 13.8 Å². The summed E-state index contributed by atoms with van der Waals surface area (Å²) in [5.74, 6) is 1.55. The van der Waals surface area contributed by atoms with Crippen LogP contribution in [0.3, 0.4) is 0 Å². The van der Waals surface area contributed by atoms with Crippen molar-refractivity contribution in [3.63, 3.8) is 0 Å². The van der Waals surface area contributed by atoms with E-state index in [1.54, 1.807) is 17.1 Å². The van der Waals surface area contributed by atoms with Gasteiger partial charge in [0.25, 0.3) is 0 Å². The molecule has 0 saturated heterocycles. The van der Waals surface area contributed by atoms with Crippen LogP contribution in [0.2, 0.25) is 0 Å². The number of hydrogen-bond acceptors (Lipinski definition) is 4. The van der Waals surface area contributed by atoms with Crippen molar-refractivity contribution in [2.75, 3.05) is 0 Å². The van der Waals surface area contributed by atoms with Gasteiger partial charge in [0.1, 0.15) is 11.6 Å². The fourth-order valence-electron chi connectivity index (χ4n) is 2.01. The molecule has 0 saturated carbocycles. The van der Waals surface area contributed by atoms with Gasteiger partial charge in [0, 0.05) is 18.8 Å². The highest BCUT2D eigenvalue weighted by Gasteiger charge is 2.10. The van der Waals surface area contributed by atoms with E-state index in [0.717, 1.165) is 17.2 Å². The summed E-state index contributed by atoms with van der Waals surface area (Å²) in [5, 5.41) is 7.19. The van der Waals surface area contributed by atoms with Crippen molar-refractivity contribution in [2.45, 2.75) is 39.8 Å². The highest BCUT2D eigenvalue weighted by molar-refractivity contribution is 5.76. The van der Waals surface area contributed by atoms with Gasteiger partial charge in [0.05, 0.1) is 12.6 Å². The van der Waals surface area contributed by atoms with Crippen LogP contribution in [0.15, 0.2) is 24.5 Å². The van der Waals surface area contributed by atoms with E-state index >= 15 is 0 Å². The molecule has 6 nitrogen and oxygen atoms in total. The lowest BCUT2D eigenvalue weighted by Crippen LogP contribution is -2.27. The number of aromatic nitrogens is 4. The van der Waals surface area contributed by atoms with Gasteiger partial charge >= 0.3 is 0 Å². The second-order valence-corrected chi connectivity index (χ2v) is 4.75. The predicted octanol–water partition coefficient (Wildman–Crippen LogP) is 1.56. The van der Waals surface area contributed by atoms with E-state index in [0.29, 0.717) is 13.0 Å². The van der Waals surface area contributed by atoms with E-state index in [1.165, 1.54) is 0 Å². The maximum Gasteiger partial charge on any atom is 0.222 e. The molecule has 1 N–H and O–H groups in total. The molecule has 0 fully saturated rings. The third-order valence-corrected chi connectivity index (χ3v) is 3.08. The van der Waals surface area contributed by atoms with E-state index in [2.05, 4.69) is 20.4 Å². The van der Waals surface area contributed by atoms with Gasteiger partial charge in [-0.1, -0.05) is 6.07 Å². The third-order valence-electron chi connectivity index (χ3n) is 3.08. The molecular formula is C14H19N5O. The van der Waals surface area contributed by atoms with E-state index in [9.17, 15) is 4.79 Å². The first-order chi connectivity index (χ1) is 9.56. The number of rotatable bonds is 5. The molecule has 0 radical (unpaired) electrons. The number of aryl methyl sites for hydroxylation is 3. The molecular weight excluding hydrogens is 254 g/mol. The Morgan fingerprint density at radius 2 is 2.25 bits per heavy atom. The molecule has 0 bridgehead atoms. The molecule has 20 heavy (non-hydrogen) atoms. The smallest absolute Gasteiger partial charge is 0.222 e. The van der Waals surface area contributed by atoms with Crippen LogP contribution in [-0.2, 0) is 11.3 Å². The van der Waals surface area contributed by atoms with Gasteiger partial charge in [-0.15, -0.1) is 0 Å². The van der Waals surface area contributed by atoms with Crippen LogP contribution in [0.5, 0.6) is 0 Å². The quantitative estimate of drug-likeness (QED) is 0.897. The summed E-state index contributed by atoms with van der Waals surface area (Å²) in [4.78, 5) is 20.2. The van der Waals surface area contributed by atoms with Gasteiger partial charge in [-0.25, -0.2) is 9.67 Å². The maximum atomic E-state index is 11.9. The van der Waals surface area contributed by atoms with Crippen LogP contribution < -0.4 is 5.32 Å². The van der Waals surface area contributed by atoms with E-state index in [1.807, 2.05) is 32.9 Å². The first-order valence-corrected chi connectivity index (χ1v) is 6.63. The zero-order valence-corrected chi connectivity index (χ0v) is 12.0. The Kier molecular flexibility index (Phi) is 4.45. The van der Waals surface area contributed by atoms with Gasteiger partial charge in [-0.05, 0) is 32.4 Å². The zero-order valence-electron chi connectivity index (χ0n) is 12.0. The molecule has 2 heterocycles. The van der Waals surface area contributed by atoms with Gasteiger partial charge in [-0.2, -0.15) is 5.10 Å². The SMILES string of the molecule is Cc1nc(C)n(CCC(=O)N[C@@H](C)c2cccnc2)n1. The van der Waals surface area contributed by atoms with Crippen molar-refractivity contribution in [2.24, 2.45) is 0 Å². The number of hydrogen-bond donors (Lipinski definition) is 1. The molecule has 6 heteroatoms. The van der Waals surface area contributed by atoms with Crippen molar-refractivity contribution in [3.8, 4) is 0 Å². The average molecular weight is 273 g/mol. The summed E-state index contributed by atoms with van der Waals surface area (Å²) in [6.07, 6.45) is 3.86. The lowest BCUT2D eigenvalue weighted by atomic mass is 10.1. The molecule has 0 aromatic carbocycles. The lowest BCUT2D eigenvalue weighted by Gasteiger charge is -2.13. The first kappa shape index (κ1) is 14.2. The summed E-state index contributed by atoms with van der Waals surface area (Å²) in [5.41, 5.74) is 0.994. The number of carbonyl (C=O) groups is 1. The highest BCUT2D eigenvalue weighted by Crippen LogP contribution is 2.10. The monoisotopic (exact) mass is 273 g/mol. The number of nitrogens with one attached hydrogen (secondary N) is 1. The van der Waals surface area contributed by atoms with Crippen LogP contribution in [-0.4, -0.2) is 25.7 Å². The van der Waals surface area contributed by atoms with Crippen molar-refractivity contribution in [3.05, 3.63) is 41.7 Å². The van der Waals surface area contributed by atoms with Gasteiger partial charge < -0.3 is 5.32 Å². The fraction of sp³-hybridized carbons (Fsp3) is 0.429. The average Bonchev–Trinajstić information content (AvgIpc) is 2.75. The summed E-state index contributed by atoms with van der Waals surface area (Å²) in [6, 6.07) is 3.76. The van der Waals surface area contributed by atoms with Crippen molar-refractivity contribution >= 4 is 5.91 Å². The topological polar surface area (TPSA) is 72.7 Å². The molecule has 0 spiro atoms. The van der Waals surface area contributed by atoms with Crippen molar-refractivity contribution in [1.29, 1.82) is 0 Å². The number of pyridine rings is 1. The van der Waals surface area contributed by atoms with Crippen molar-refractivity contribution in [1.82, 2.24) is 25.1 Å². The Labute approximate surface area is 118 Å². The molecule has 0 aliphatic carbocycles. The predicted molar refractivity (Wildman–Crippen MR) is 74.9 cm³/mol. The number of amides is 1. The Balaban J connectivity index is 1.85. The molecule has 2 aromatic heterocycles. The Bertz CT molecular complexity index is 579. The Hall–Kier alpha value is -2.24. The zero-order chi connectivity index (χ0) is 14.5. The van der Waals surface area contributed by atoms with Crippen LogP contribution >= 0.6 is 0 Å². The maximum absolute atomic E-state index is 11.9. The van der Waals surface area contributed by atoms with Gasteiger partial charge in [0.15, 0.2) is 0 Å². The van der Waals surface area contributed by atoms with Crippen LogP contribution in [0.25, 0.3) is 0 Å². The van der Waals surface area contributed by atoms with E-state index in [4.69, 9.17) is 0 Å². The molecule has 0 unspecified atom stereocenters. The van der Waals surface area contributed by atoms with Crippen LogP contribution in [0.4, 0.5) is 0 Å². The number of carbonyl (C=O) groups excluding carboxylic acids is 1. The van der Waals surface area contributed by atoms with Crippen LogP contribution in [0.1, 0.15) is 36.6 Å². The molecule has 2 aromatic rings. The third kappa shape index (κ3) is 3.63. The Morgan fingerprint density at radius 3 is 2.85 bits per heavy atom. The summed E-state index contributed by atoms with van der Waals surface area (Å²) >= 11 is 0. The fourth-order valence-corrected chi connectivity index (χ4v) is 2.01. The second-order valence-electron chi connectivity index (χ2n) is 4.75. The molecule has 1 atom stereocenters. The standard InChI is InChI=1S/C14H19N5O/c1-10(13-5-4-7-15-9-13)16-14(20)6-8-19-12(3)17-11(2)18-19/h4-5,7,9-10H,6,8H2,1-3H3,(H,16,20)/t10-/m0/s1. The van der Waals surface area contributed by atoms with Gasteiger partial charge in [0.2, 0.25) is 5.91 Å². The summed E-state index contributed by atoms with van der Waals surface area (Å²) in [6.45, 7) is 6.21. The lowest BCUT2D eigenvalue weighted by molar-refractivity contribution is -0.122. The summed E-state index contributed by atoms with van der Waals surface area (Å²) in [7, 11) is 0. The first-order valence-electron chi connectivity index (χ1n) is 6.63. The minimum absolute atomic E-state index is 0.00564. The molecule has 1 amide bonds. The highest BCUT2D eigenvalue weighted by atomic mass is 16.1. The largest absolute Gasteiger partial charge is 0.349 e. The van der Waals surface area contributed by atoms with E-state index < -0.39 is 0 Å². The molecule has 0 aliphatic rings. The summed E-state index contributed by atoms with van der Waals surface area (Å²) < 4.78 is 1.75. The second kappa shape index (κ2) is 6.27. The van der Waals surface area contributed by atoms with E-state index in [-0.39, 0.29) is 11.9 Å². The molecule has 106 valence electrons. The van der Waals surface area contributed by atoms with Crippen molar-refractivity contribution < 1.29 is 4.79 Å². The molecule has 0 aliphatic heterocycles. The minimum atomic E-state index is -0.0465. The molecule has 2 rings (SSSR count). The number of nitrogens with zero attached hydrogens (tertiary/aromatic N) is 4.